The maximum Gasteiger partial charge on any atom is 0.104 e. The predicted octanol–water partition coefficient (Wildman–Crippen LogP) is 1.95. The van der Waals surface area contributed by atoms with E-state index in [2.05, 4.69) is 5.92 Å². The van der Waals surface area contributed by atoms with Crippen molar-refractivity contribution >= 4 is 0 Å². The minimum atomic E-state index is -0.0776. The average Bonchev–Trinajstić information content (AvgIpc) is 1.86. The van der Waals surface area contributed by atoms with Crippen molar-refractivity contribution in [3.05, 3.63) is 12.3 Å². The molecule has 0 radical (unpaired) electrons. The summed E-state index contributed by atoms with van der Waals surface area (Å²) in [6, 6.07) is 0. The summed E-state index contributed by atoms with van der Waals surface area (Å²) in [5.41, 5.74) is -0.0776. The molecule has 1 rings (SSSR count). The van der Waals surface area contributed by atoms with E-state index in [-0.39, 0.29) is 11.5 Å². The Morgan fingerprint density at radius 2 is 2.40 bits per heavy atom. The fraction of sp³-hybridized carbons (Fsp3) is 0.556. The number of rotatable bonds is 0. The van der Waals surface area contributed by atoms with Gasteiger partial charge in [0, 0.05) is 12.3 Å². The van der Waals surface area contributed by atoms with Gasteiger partial charge in [0.2, 0.25) is 0 Å². The van der Waals surface area contributed by atoms with Crippen LogP contribution in [0.5, 0.6) is 0 Å². The Labute approximate surface area is 62.1 Å². The zero-order valence-electron chi connectivity index (χ0n) is 6.42. The molecular weight excluding hydrogens is 124 g/mol. The zero-order valence-corrected chi connectivity index (χ0v) is 6.42. The zero-order chi connectivity index (χ0) is 7.61. The number of ether oxygens (including phenoxy) is 1. The topological polar surface area (TPSA) is 9.23 Å². The van der Waals surface area contributed by atoms with Gasteiger partial charge in [0.25, 0.3) is 0 Å². The smallest absolute Gasteiger partial charge is 0.104 e. The Morgan fingerprint density at radius 3 is 2.80 bits per heavy atom. The molecule has 0 aliphatic carbocycles. The maximum absolute atomic E-state index is 5.32. The van der Waals surface area contributed by atoms with E-state index in [1.165, 1.54) is 0 Å². The summed E-state index contributed by atoms with van der Waals surface area (Å²) in [4.78, 5) is 0. The lowest BCUT2D eigenvalue weighted by atomic mass is 9.92. The summed E-state index contributed by atoms with van der Waals surface area (Å²) >= 11 is 0. The first-order valence-electron chi connectivity index (χ1n) is 3.45. The third-order valence-electron chi connectivity index (χ3n) is 1.62. The van der Waals surface area contributed by atoms with Crippen molar-refractivity contribution < 1.29 is 4.74 Å². The first-order valence-corrected chi connectivity index (χ1v) is 3.45. The fourth-order valence-electron chi connectivity index (χ4n) is 1.08. The number of terminal acetylenes is 1. The van der Waals surface area contributed by atoms with Gasteiger partial charge in [0.05, 0.1) is 6.26 Å². The molecule has 0 aromatic heterocycles. The first-order chi connectivity index (χ1) is 4.64. The van der Waals surface area contributed by atoms with Gasteiger partial charge in [-0.2, -0.15) is 0 Å². The molecule has 0 saturated carbocycles. The molecule has 1 atom stereocenters. The fourth-order valence-corrected chi connectivity index (χ4v) is 1.08. The summed E-state index contributed by atoms with van der Waals surface area (Å²) in [6.07, 6.45) is 9.81. The van der Waals surface area contributed by atoms with Crippen LogP contribution in [0.25, 0.3) is 0 Å². The molecule has 0 saturated heterocycles. The van der Waals surface area contributed by atoms with Crippen LogP contribution in [0.1, 0.15) is 20.3 Å². The largest absolute Gasteiger partial charge is 0.496 e. The third-order valence-corrected chi connectivity index (χ3v) is 1.62. The standard InChI is InChI=1S/C9H12O/c1-4-8-5-6-10-9(2,3)7-8/h1,5-6,8H,7H2,2-3H3. The van der Waals surface area contributed by atoms with Gasteiger partial charge in [-0.1, -0.05) is 5.92 Å². The van der Waals surface area contributed by atoms with Crippen LogP contribution in [-0.2, 0) is 4.74 Å². The first kappa shape index (κ1) is 7.21. The lowest BCUT2D eigenvalue weighted by Gasteiger charge is -2.29. The SMILES string of the molecule is C#CC1C=COC(C)(C)C1. The number of hydrogen-bond acceptors (Lipinski definition) is 1. The van der Waals surface area contributed by atoms with Gasteiger partial charge in [-0.15, -0.1) is 6.42 Å². The van der Waals surface area contributed by atoms with E-state index < -0.39 is 0 Å². The summed E-state index contributed by atoms with van der Waals surface area (Å²) in [5.74, 6) is 2.95. The Morgan fingerprint density at radius 1 is 1.70 bits per heavy atom. The van der Waals surface area contributed by atoms with Crippen molar-refractivity contribution in [1.29, 1.82) is 0 Å². The van der Waals surface area contributed by atoms with Crippen LogP contribution in [0.2, 0.25) is 0 Å². The molecule has 1 nitrogen and oxygen atoms in total. The summed E-state index contributed by atoms with van der Waals surface area (Å²) in [6.45, 7) is 4.08. The highest BCUT2D eigenvalue weighted by atomic mass is 16.5. The Kier molecular flexibility index (Phi) is 1.72. The quantitative estimate of drug-likeness (QED) is 0.462. The van der Waals surface area contributed by atoms with Crippen molar-refractivity contribution in [3.8, 4) is 12.3 Å². The van der Waals surface area contributed by atoms with E-state index in [4.69, 9.17) is 11.2 Å². The molecule has 1 heteroatoms. The summed E-state index contributed by atoms with van der Waals surface area (Å²) < 4.78 is 5.32. The molecule has 0 spiro atoms. The second-order valence-electron chi connectivity index (χ2n) is 3.18. The minimum Gasteiger partial charge on any atom is -0.496 e. The van der Waals surface area contributed by atoms with Crippen molar-refractivity contribution in [2.75, 3.05) is 0 Å². The number of hydrogen-bond donors (Lipinski definition) is 0. The molecule has 0 amide bonds. The van der Waals surface area contributed by atoms with Gasteiger partial charge < -0.3 is 4.74 Å². The maximum atomic E-state index is 5.32. The second kappa shape index (κ2) is 2.38. The average molecular weight is 136 g/mol. The van der Waals surface area contributed by atoms with E-state index in [0.717, 1.165) is 6.42 Å². The normalized spacial score (nSPS) is 28.7. The van der Waals surface area contributed by atoms with E-state index in [0.29, 0.717) is 0 Å². The van der Waals surface area contributed by atoms with Crippen molar-refractivity contribution in [2.24, 2.45) is 5.92 Å². The van der Waals surface area contributed by atoms with Crippen LogP contribution in [-0.4, -0.2) is 5.60 Å². The molecule has 1 aliphatic heterocycles. The van der Waals surface area contributed by atoms with Crippen LogP contribution in [0.4, 0.5) is 0 Å². The van der Waals surface area contributed by atoms with Crippen LogP contribution in [0, 0.1) is 18.3 Å². The molecule has 0 fully saturated rings. The lowest BCUT2D eigenvalue weighted by molar-refractivity contribution is 0.0313. The second-order valence-corrected chi connectivity index (χ2v) is 3.18. The van der Waals surface area contributed by atoms with Gasteiger partial charge >= 0.3 is 0 Å². The Hall–Kier alpha value is -0.900. The molecule has 1 unspecified atom stereocenters. The van der Waals surface area contributed by atoms with Gasteiger partial charge in [-0.25, -0.2) is 0 Å². The molecule has 10 heavy (non-hydrogen) atoms. The van der Waals surface area contributed by atoms with E-state index in [1.807, 2.05) is 19.9 Å². The van der Waals surface area contributed by atoms with Crippen molar-refractivity contribution in [3.63, 3.8) is 0 Å². The van der Waals surface area contributed by atoms with E-state index in [1.54, 1.807) is 6.26 Å². The molecule has 1 heterocycles. The minimum absolute atomic E-state index is 0.0776. The Balaban J connectivity index is 2.65. The molecule has 54 valence electrons. The monoisotopic (exact) mass is 136 g/mol. The van der Waals surface area contributed by atoms with Gasteiger partial charge in [0.1, 0.15) is 5.60 Å². The van der Waals surface area contributed by atoms with Gasteiger partial charge in [0.15, 0.2) is 0 Å². The molecular formula is C9H12O. The predicted molar refractivity (Wildman–Crippen MR) is 41.2 cm³/mol. The lowest BCUT2D eigenvalue weighted by Crippen LogP contribution is -2.27. The molecule has 0 bridgehead atoms. The van der Waals surface area contributed by atoms with Crippen LogP contribution in [0.15, 0.2) is 12.3 Å². The number of allylic oxidation sites excluding steroid dienone is 1. The molecule has 0 aromatic carbocycles. The highest BCUT2D eigenvalue weighted by molar-refractivity contribution is 5.08. The van der Waals surface area contributed by atoms with Crippen molar-refractivity contribution in [1.82, 2.24) is 0 Å². The molecule has 0 aromatic rings. The van der Waals surface area contributed by atoms with E-state index in [9.17, 15) is 0 Å². The van der Waals surface area contributed by atoms with Crippen LogP contribution < -0.4 is 0 Å². The summed E-state index contributed by atoms with van der Waals surface area (Å²) in [7, 11) is 0. The molecule has 0 N–H and O–H groups in total. The van der Waals surface area contributed by atoms with Gasteiger partial charge in [-0.05, 0) is 19.9 Å². The molecule has 1 aliphatic rings. The van der Waals surface area contributed by atoms with Gasteiger partial charge in [-0.3, -0.25) is 0 Å². The highest BCUT2D eigenvalue weighted by Gasteiger charge is 2.24. The van der Waals surface area contributed by atoms with Crippen molar-refractivity contribution in [2.45, 2.75) is 25.9 Å². The summed E-state index contributed by atoms with van der Waals surface area (Å²) in [5, 5.41) is 0. The van der Waals surface area contributed by atoms with E-state index >= 15 is 0 Å². The highest BCUT2D eigenvalue weighted by Crippen LogP contribution is 2.25. The van der Waals surface area contributed by atoms with Crippen LogP contribution >= 0.6 is 0 Å². The van der Waals surface area contributed by atoms with Crippen LogP contribution in [0.3, 0.4) is 0 Å². The third kappa shape index (κ3) is 1.54. The Bertz CT molecular complexity index is 183.